The zero-order chi connectivity index (χ0) is 9.26. The summed E-state index contributed by atoms with van der Waals surface area (Å²) in [5.41, 5.74) is 6.51. The van der Waals surface area contributed by atoms with Gasteiger partial charge < -0.3 is 5.73 Å². The Balaban J connectivity index is 2.49. The van der Waals surface area contributed by atoms with Gasteiger partial charge in [-0.2, -0.15) is 0 Å². The molecule has 0 aliphatic carbocycles. The number of nitrogens with two attached hydrogens (primary N) is 1. The van der Waals surface area contributed by atoms with Crippen LogP contribution in [0, 0.1) is 0 Å². The lowest BCUT2D eigenvalue weighted by Crippen LogP contribution is -1.90. The second-order valence-electron chi connectivity index (χ2n) is 2.57. The Bertz CT molecular complexity index is 412. The lowest BCUT2D eigenvalue weighted by molar-refractivity contribution is 1.34. The average molecular weight is 211 g/mol. The van der Waals surface area contributed by atoms with Crippen LogP contribution in [0.15, 0.2) is 29.8 Å². The molecule has 0 amide bonds. The first-order valence-corrected chi connectivity index (χ1v) is 4.98. The van der Waals surface area contributed by atoms with Gasteiger partial charge >= 0.3 is 0 Å². The Morgan fingerprint density at radius 3 is 2.92 bits per heavy atom. The Kier molecular flexibility index (Phi) is 2.20. The molecule has 0 saturated heterocycles. The number of nitrogens with zero attached hydrogens (tertiary/aromatic N) is 1. The van der Waals surface area contributed by atoms with Gasteiger partial charge in [0.15, 0.2) is 0 Å². The van der Waals surface area contributed by atoms with Crippen LogP contribution in [0.3, 0.4) is 0 Å². The molecule has 0 fully saturated rings. The fourth-order valence-electron chi connectivity index (χ4n) is 1.03. The van der Waals surface area contributed by atoms with Crippen LogP contribution in [-0.4, -0.2) is 4.98 Å². The van der Waals surface area contributed by atoms with Crippen LogP contribution in [0.5, 0.6) is 0 Å². The molecule has 2 N–H and O–H groups in total. The van der Waals surface area contributed by atoms with Crippen LogP contribution in [0.2, 0.25) is 5.02 Å². The highest BCUT2D eigenvalue weighted by atomic mass is 35.5. The monoisotopic (exact) mass is 210 g/mol. The number of hydrogen-bond donors (Lipinski definition) is 1. The van der Waals surface area contributed by atoms with Crippen molar-refractivity contribution in [1.29, 1.82) is 0 Å². The highest BCUT2D eigenvalue weighted by Gasteiger charge is 2.02. The molecule has 2 nitrogen and oxygen atoms in total. The zero-order valence-corrected chi connectivity index (χ0v) is 8.27. The fourth-order valence-corrected chi connectivity index (χ4v) is 1.90. The maximum atomic E-state index is 5.85. The van der Waals surface area contributed by atoms with E-state index in [-0.39, 0.29) is 0 Å². The topological polar surface area (TPSA) is 38.9 Å². The van der Waals surface area contributed by atoms with E-state index in [0.717, 1.165) is 10.4 Å². The summed E-state index contributed by atoms with van der Waals surface area (Å²) in [5.74, 6) is 0.377. The second-order valence-corrected chi connectivity index (χ2v) is 3.92. The quantitative estimate of drug-likeness (QED) is 0.786. The molecule has 0 aromatic carbocycles. The summed E-state index contributed by atoms with van der Waals surface area (Å²) in [6, 6.07) is 5.84. The molecule has 0 bridgehead atoms. The van der Waals surface area contributed by atoms with Crippen molar-refractivity contribution in [2.75, 3.05) is 5.73 Å². The van der Waals surface area contributed by atoms with Gasteiger partial charge in [0, 0.05) is 16.6 Å². The highest BCUT2D eigenvalue weighted by molar-refractivity contribution is 7.13. The predicted octanol–water partition coefficient (Wildman–Crippen LogP) is 3.05. The maximum absolute atomic E-state index is 5.85. The number of nitrogen functional groups attached to an aromatic ring is 1. The van der Waals surface area contributed by atoms with Gasteiger partial charge in [-0.15, -0.1) is 11.3 Å². The van der Waals surface area contributed by atoms with Gasteiger partial charge in [-0.05, 0) is 17.5 Å². The summed E-state index contributed by atoms with van der Waals surface area (Å²) in [4.78, 5) is 5.13. The van der Waals surface area contributed by atoms with Crippen LogP contribution in [0.4, 0.5) is 5.82 Å². The molecule has 0 aliphatic heterocycles. The van der Waals surface area contributed by atoms with Gasteiger partial charge in [-0.25, -0.2) is 4.98 Å². The number of hydrogen-bond acceptors (Lipinski definition) is 3. The number of aromatic nitrogens is 1. The molecule has 2 aromatic rings. The normalized spacial score (nSPS) is 10.2. The summed E-state index contributed by atoms with van der Waals surface area (Å²) < 4.78 is 0. The molecule has 4 heteroatoms. The Labute approximate surface area is 85.0 Å². The third-order valence-corrected chi connectivity index (χ3v) is 2.90. The van der Waals surface area contributed by atoms with Crippen LogP contribution in [0.25, 0.3) is 10.4 Å². The molecule has 0 unspecified atom stereocenters. The molecule has 0 atom stereocenters. The van der Waals surface area contributed by atoms with Gasteiger partial charge in [0.25, 0.3) is 0 Å². The summed E-state index contributed by atoms with van der Waals surface area (Å²) in [6.45, 7) is 0. The van der Waals surface area contributed by atoms with Gasteiger partial charge in [0.1, 0.15) is 5.82 Å². The number of pyridine rings is 1. The first kappa shape index (κ1) is 8.53. The van der Waals surface area contributed by atoms with Gasteiger partial charge in [0.05, 0.1) is 5.02 Å². The molecular weight excluding hydrogens is 204 g/mol. The fraction of sp³-hybridized carbons (Fsp3) is 0. The molecule has 0 saturated carbocycles. The van der Waals surface area contributed by atoms with Crippen molar-refractivity contribution in [3.05, 3.63) is 34.8 Å². The minimum absolute atomic E-state index is 0.377. The minimum Gasteiger partial charge on any atom is -0.382 e. The van der Waals surface area contributed by atoms with Crippen molar-refractivity contribution in [1.82, 2.24) is 4.98 Å². The largest absolute Gasteiger partial charge is 0.382 e. The molecule has 2 heterocycles. The van der Waals surface area contributed by atoms with Crippen LogP contribution >= 0.6 is 22.9 Å². The zero-order valence-electron chi connectivity index (χ0n) is 6.70. The Hall–Kier alpha value is -1.06. The van der Waals surface area contributed by atoms with Crippen LogP contribution in [-0.2, 0) is 0 Å². The minimum atomic E-state index is 0.377. The highest BCUT2D eigenvalue weighted by Crippen LogP contribution is 2.27. The number of anilines is 1. The summed E-state index contributed by atoms with van der Waals surface area (Å²) >= 11 is 7.50. The van der Waals surface area contributed by atoms with Gasteiger partial charge in [-0.1, -0.05) is 17.7 Å². The van der Waals surface area contributed by atoms with E-state index in [9.17, 15) is 0 Å². The number of halogens is 1. The van der Waals surface area contributed by atoms with E-state index in [0.29, 0.717) is 10.8 Å². The van der Waals surface area contributed by atoms with E-state index in [1.165, 1.54) is 0 Å². The van der Waals surface area contributed by atoms with E-state index in [2.05, 4.69) is 4.98 Å². The molecule has 13 heavy (non-hydrogen) atoms. The lowest BCUT2D eigenvalue weighted by atomic mass is 10.2. The lowest BCUT2D eigenvalue weighted by Gasteiger charge is -1.99. The summed E-state index contributed by atoms with van der Waals surface area (Å²) in [5, 5.41) is 2.52. The van der Waals surface area contributed by atoms with E-state index >= 15 is 0 Å². The standard InChI is InChI=1S/C9H7ClN2S/c10-7-4-6(5-12-9(7)11)8-2-1-3-13-8/h1-5H,(H2,11,12). The van der Waals surface area contributed by atoms with Crippen molar-refractivity contribution in [2.24, 2.45) is 0 Å². The van der Waals surface area contributed by atoms with Gasteiger partial charge in [0.2, 0.25) is 0 Å². The van der Waals surface area contributed by atoms with E-state index < -0.39 is 0 Å². The van der Waals surface area contributed by atoms with Crippen molar-refractivity contribution in [3.63, 3.8) is 0 Å². The van der Waals surface area contributed by atoms with Crippen LogP contribution in [0.1, 0.15) is 0 Å². The van der Waals surface area contributed by atoms with Crippen molar-refractivity contribution in [3.8, 4) is 10.4 Å². The second kappa shape index (κ2) is 3.36. The van der Waals surface area contributed by atoms with Crippen molar-refractivity contribution in [2.45, 2.75) is 0 Å². The third kappa shape index (κ3) is 1.66. The first-order chi connectivity index (χ1) is 6.27. The molecule has 0 spiro atoms. The summed E-state index contributed by atoms with van der Waals surface area (Å²) in [6.07, 6.45) is 1.73. The van der Waals surface area contributed by atoms with Crippen LogP contribution < -0.4 is 5.73 Å². The smallest absolute Gasteiger partial charge is 0.142 e. The average Bonchev–Trinajstić information content (AvgIpc) is 2.62. The first-order valence-electron chi connectivity index (χ1n) is 3.72. The Morgan fingerprint density at radius 1 is 1.46 bits per heavy atom. The van der Waals surface area contributed by atoms with E-state index in [4.69, 9.17) is 17.3 Å². The third-order valence-electron chi connectivity index (χ3n) is 1.68. The molecule has 2 rings (SSSR count). The predicted molar refractivity (Wildman–Crippen MR) is 57.0 cm³/mol. The van der Waals surface area contributed by atoms with Crippen molar-refractivity contribution >= 4 is 28.8 Å². The number of thiophene rings is 1. The number of rotatable bonds is 1. The molecule has 0 aliphatic rings. The maximum Gasteiger partial charge on any atom is 0.142 e. The molecule has 0 radical (unpaired) electrons. The summed E-state index contributed by atoms with van der Waals surface area (Å²) in [7, 11) is 0. The van der Waals surface area contributed by atoms with Gasteiger partial charge in [-0.3, -0.25) is 0 Å². The molecular formula is C9H7ClN2S. The molecule has 2 aromatic heterocycles. The van der Waals surface area contributed by atoms with E-state index in [1.807, 2.05) is 23.6 Å². The molecule has 66 valence electrons. The Morgan fingerprint density at radius 2 is 2.31 bits per heavy atom. The SMILES string of the molecule is Nc1ncc(-c2cccs2)cc1Cl. The van der Waals surface area contributed by atoms with Crippen molar-refractivity contribution < 1.29 is 0 Å². The van der Waals surface area contributed by atoms with E-state index in [1.54, 1.807) is 17.5 Å².